The molecule has 2 aliphatic carbocycles. The first kappa shape index (κ1) is 14.5. The second-order valence-corrected chi connectivity index (χ2v) is 6.57. The number of hydrogen-bond acceptors (Lipinski definition) is 4. The molecule has 1 N–H and O–H groups in total. The van der Waals surface area contributed by atoms with Crippen LogP contribution in [0.15, 0.2) is 0 Å². The molecule has 1 heterocycles. The number of aryl methyl sites for hydroxylation is 1. The van der Waals surface area contributed by atoms with Crippen molar-refractivity contribution in [2.45, 2.75) is 70.3 Å². The Kier molecular flexibility index (Phi) is 4.51. The number of carbonyl (C=O) groups is 1. The van der Waals surface area contributed by atoms with Crippen molar-refractivity contribution in [3.63, 3.8) is 0 Å². The molecule has 0 aliphatic heterocycles. The molecule has 0 radical (unpaired) electrons. The first-order valence-electron chi connectivity index (χ1n) is 8.22. The lowest BCUT2D eigenvalue weighted by atomic mass is 9.67. The highest BCUT2D eigenvalue weighted by molar-refractivity contribution is 5.66. The van der Waals surface area contributed by atoms with Crippen LogP contribution in [-0.4, -0.2) is 31.3 Å². The number of aliphatic carboxylic acids is 1. The van der Waals surface area contributed by atoms with Gasteiger partial charge in [0.05, 0.1) is 0 Å². The quantitative estimate of drug-likeness (QED) is 0.902. The van der Waals surface area contributed by atoms with E-state index in [0.29, 0.717) is 18.9 Å². The van der Waals surface area contributed by atoms with Gasteiger partial charge < -0.3 is 5.11 Å². The van der Waals surface area contributed by atoms with Crippen molar-refractivity contribution in [3.05, 3.63) is 5.82 Å². The predicted molar refractivity (Wildman–Crippen MR) is 76.7 cm³/mol. The van der Waals surface area contributed by atoms with Crippen LogP contribution in [0.3, 0.4) is 0 Å². The third-order valence-corrected chi connectivity index (χ3v) is 5.22. The highest BCUT2D eigenvalue weighted by Crippen LogP contribution is 2.45. The van der Waals surface area contributed by atoms with Gasteiger partial charge in [-0.05, 0) is 47.9 Å². The van der Waals surface area contributed by atoms with E-state index in [4.69, 9.17) is 5.11 Å². The average molecular weight is 292 g/mol. The molecule has 0 spiro atoms. The van der Waals surface area contributed by atoms with Gasteiger partial charge in [0.15, 0.2) is 5.82 Å². The average Bonchev–Trinajstić information content (AvgIpc) is 2.95. The van der Waals surface area contributed by atoms with Crippen molar-refractivity contribution in [2.75, 3.05) is 0 Å². The van der Waals surface area contributed by atoms with Crippen molar-refractivity contribution in [1.29, 1.82) is 0 Å². The van der Waals surface area contributed by atoms with Crippen LogP contribution in [0.5, 0.6) is 0 Å². The number of rotatable bonds is 5. The fourth-order valence-electron chi connectivity index (χ4n) is 4.15. The second kappa shape index (κ2) is 6.54. The van der Waals surface area contributed by atoms with Crippen molar-refractivity contribution in [3.8, 4) is 0 Å². The summed E-state index contributed by atoms with van der Waals surface area (Å²) in [5.74, 6) is 2.45. The van der Waals surface area contributed by atoms with Gasteiger partial charge in [0.2, 0.25) is 0 Å². The summed E-state index contributed by atoms with van der Waals surface area (Å²) in [6.45, 7) is 0.610. The van der Waals surface area contributed by atoms with E-state index in [2.05, 4.69) is 15.5 Å². The zero-order valence-electron chi connectivity index (χ0n) is 12.4. The van der Waals surface area contributed by atoms with Crippen LogP contribution in [0.4, 0.5) is 0 Å². The minimum Gasteiger partial charge on any atom is -0.481 e. The summed E-state index contributed by atoms with van der Waals surface area (Å²) in [5.41, 5.74) is 0. The van der Waals surface area contributed by atoms with Gasteiger partial charge in [0.1, 0.15) is 0 Å². The number of fused-ring (bicyclic) bond motifs is 1. The molecule has 0 aromatic carbocycles. The van der Waals surface area contributed by atoms with Crippen molar-refractivity contribution < 1.29 is 9.90 Å². The smallest absolute Gasteiger partial charge is 0.303 e. The van der Waals surface area contributed by atoms with E-state index in [1.165, 1.54) is 44.9 Å². The molecule has 116 valence electrons. The Morgan fingerprint density at radius 3 is 2.81 bits per heavy atom. The van der Waals surface area contributed by atoms with Crippen LogP contribution in [0.1, 0.15) is 69.5 Å². The Bertz CT molecular complexity index is 488. The minimum atomic E-state index is -0.757. The largest absolute Gasteiger partial charge is 0.481 e. The fourth-order valence-corrected chi connectivity index (χ4v) is 4.15. The standard InChI is InChI=1S/C15H24N4O2/c20-14(21)6-3-9-19-15(16-17-18-19)13-8-7-11-4-1-2-5-12(11)10-13/h11-13H,1-10H2,(H,20,21). The molecule has 0 bridgehead atoms. The SMILES string of the molecule is O=C(O)CCCn1nnnc1C1CCC2CCCCC2C1. The van der Waals surface area contributed by atoms with E-state index in [1.807, 2.05) is 4.68 Å². The van der Waals surface area contributed by atoms with Gasteiger partial charge in [-0.15, -0.1) is 5.10 Å². The number of hydrogen-bond donors (Lipinski definition) is 1. The van der Waals surface area contributed by atoms with Crippen molar-refractivity contribution >= 4 is 5.97 Å². The topological polar surface area (TPSA) is 80.9 Å². The van der Waals surface area contributed by atoms with Crippen LogP contribution in [0, 0.1) is 11.8 Å². The lowest BCUT2D eigenvalue weighted by Crippen LogP contribution is -2.28. The monoisotopic (exact) mass is 292 g/mol. The number of carboxylic acids is 1. The van der Waals surface area contributed by atoms with E-state index < -0.39 is 5.97 Å². The van der Waals surface area contributed by atoms with Crippen LogP contribution >= 0.6 is 0 Å². The van der Waals surface area contributed by atoms with Crippen LogP contribution in [-0.2, 0) is 11.3 Å². The molecule has 21 heavy (non-hydrogen) atoms. The summed E-state index contributed by atoms with van der Waals surface area (Å²) >= 11 is 0. The van der Waals surface area contributed by atoms with E-state index in [1.54, 1.807) is 0 Å². The molecule has 2 fully saturated rings. The first-order chi connectivity index (χ1) is 10.2. The van der Waals surface area contributed by atoms with E-state index in [9.17, 15) is 4.79 Å². The highest BCUT2D eigenvalue weighted by atomic mass is 16.4. The lowest BCUT2D eigenvalue weighted by molar-refractivity contribution is -0.137. The third kappa shape index (κ3) is 3.41. The van der Waals surface area contributed by atoms with E-state index in [0.717, 1.165) is 17.7 Å². The summed E-state index contributed by atoms with van der Waals surface area (Å²) in [7, 11) is 0. The van der Waals surface area contributed by atoms with Crippen LogP contribution in [0.2, 0.25) is 0 Å². The normalized spacial score (nSPS) is 29.0. The molecule has 2 saturated carbocycles. The van der Waals surface area contributed by atoms with E-state index in [-0.39, 0.29) is 6.42 Å². The molecule has 1 aromatic heterocycles. The molecule has 1 aromatic rings. The van der Waals surface area contributed by atoms with Crippen molar-refractivity contribution in [2.24, 2.45) is 11.8 Å². The summed E-state index contributed by atoms with van der Waals surface area (Å²) in [4.78, 5) is 10.6. The molecule has 6 heteroatoms. The molecular weight excluding hydrogens is 268 g/mol. The molecule has 0 amide bonds. The Morgan fingerprint density at radius 1 is 1.19 bits per heavy atom. The predicted octanol–water partition coefficient (Wildman–Crippen LogP) is 2.61. The Morgan fingerprint density at radius 2 is 2.00 bits per heavy atom. The third-order valence-electron chi connectivity index (χ3n) is 5.22. The molecule has 3 unspecified atom stereocenters. The minimum absolute atomic E-state index is 0.175. The number of aromatic nitrogens is 4. The van der Waals surface area contributed by atoms with Gasteiger partial charge >= 0.3 is 5.97 Å². The van der Waals surface area contributed by atoms with Crippen LogP contribution < -0.4 is 0 Å². The summed E-state index contributed by atoms with van der Waals surface area (Å²) in [6, 6.07) is 0. The molecule has 3 atom stereocenters. The molecule has 0 saturated heterocycles. The molecule has 6 nitrogen and oxygen atoms in total. The van der Waals surface area contributed by atoms with Gasteiger partial charge in [-0.1, -0.05) is 25.7 Å². The maximum absolute atomic E-state index is 10.6. The lowest BCUT2D eigenvalue weighted by Gasteiger charge is -2.38. The van der Waals surface area contributed by atoms with Gasteiger partial charge in [-0.2, -0.15) is 0 Å². The highest BCUT2D eigenvalue weighted by Gasteiger charge is 2.34. The fraction of sp³-hybridized carbons (Fsp3) is 0.867. The van der Waals surface area contributed by atoms with Crippen molar-refractivity contribution in [1.82, 2.24) is 20.2 Å². The Balaban J connectivity index is 1.61. The van der Waals surface area contributed by atoms with E-state index >= 15 is 0 Å². The van der Waals surface area contributed by atoms with Gasteiger partial charge in [0, 0.05) is 18.9 Å². The summed E-state index contributed by atoms with van der Waals surface area (Å²) in [6.07, 6.45) is 10.0. The second-order valence-electron chi connectivity index (χ2n) is 6.57. The number of carboxylic acid groups (broad SMARTS) is 1. The molecular formula is C15H24N4O2. The summed E-state index contributed by atoms with van der Waals surface area (Å²) < 4.78 is 1.83. The number of tetrazole rings is 1. The number of nitrogens with zero attached hydrogens (tertiary/aromatic N) is 4. The first-order valence-corrected chi connectivity index (χ1v) is 8.22. The maximum Gasteiger partial charge on any atom is 0.303 e. The maximum atomic E-state index is 10.6. The van der Waals surface area contributed by atoms with Gasteiger partial charge in [-0.25, -0.2) is 4.68 Å². The molecule has 3 rings (SSSR count). The Hall–Kier alpha value is -1.46. The zero-order chi connectivity index (χ0) is 14.7. The summed E-state index contributed by atoms with van der Waals surface area (Å²) in [5, 5.41) is 20.8. The Labute approximate surface area is 124 Å². The van der Waals surface area contributed by atoms with Crippen LogP contribution in [0.25, 0.3) is 0 Å². The zero-order valence-corrected chi connectivity index (χ0v) is 12.4. The van der Waals surface area contributed by atoms with Gasteiger partial charge in [0.25, 0.3) is 0 Å². The van der Waals surface area contributed by atoms with Gasteiger partial charge in [-0.3, -0.25) is 4.79 Å². The molecule has 2 aliphatic rings.